The van der Waals surface area contributed by atoms with E-state index < -0.39 is 17.8 Å². The van der Waals surface area contributed by atoms with Crippen molar-refractivity contribution < 1.29 is 32.2 Å². The molecule has 2 fully saturated rings. The summed E-state index contributed by atoms with van der Waals surface area (Å²) in [6.45, 7) is 4.01. The van der Waals surface area contributed by atoms with Crippen molar-refractivity contribution in [1.29, 1.82) is 0 Å². The minimum absolute atomic E-state index is 0.0169. The van der Waals surface area contributed by atoms with Crippen molar-refractivity contribution in [2.45, 2.75) is 82.8 Å². The van der Waals surface area contributed by atoms with Gasteiger partial charge >= 0.3 is 6.18 Å². The number of methoxy groups -OCH3 is 2. The van der Waals surface area contributed by atoms with E-state index in [9.17, 15) is 22.8 Å². The van der Waals surface area contributed by atoms with Crippen molar-refractivity contribution in [2.75, 3.05) is 39.2 Å². The zero-order chi connectivity index (χ0) is 40.3. The molecule has 302 valence electrons. The first-order valence-electron chi connectivity index (χ1n) is 19.1. The number of benzene rings is 1. The number of likely N-dealkylation sites (tertiary alicyclic amines) is 1. The van der Waals surface area contributed by atoms with Gasteiger partial charge in [0.25, 0.3) is 0 Å². The number of piperidine rings is 1. The number of ether oxygens (including phenoxy) is 2. The summed E-state index contributed by atoms with van der Waals surface area (Å²) in [6.07, 6.45) is 0.837. The highest BCUT2D eigenvalue weighted by Crippen LogP contribution is 2.44. The van der Waals surface area contributed by atoms with Crippen LogP contribution in [0.2, 0.25) is 5.02 Å². The minimum atomic E-state index is -4.68. The molecule has 2 saturated heterocycles. The Kier molecular flexibility index (Phi) is 12.2. The van der Waals surface area contributed by atoms with Crippen molar-refractivity contribution >= 4 is 29.2 Å². The third-order valence-electron chi connectivity index (χ3n) is 11.0. The Morgan fingerprint density at radius 3 is 2.44 bits per heavy atom. The average Bonchev–Trinajstić information content (AvgIpc) is 3.82. The second-order valence-corrected chi connectivity index (χ2v) is 15.0. The molecule has 12 nitrogen and oxygen atoms in total. The highest BCUT2D eigenvalue weighted by atomic mass is 35.5. The zero-order valence-electron chi connectivity index (χ0n) is 32.1. The predicted molar refractivity (Wildman–Crippen MR) is 210 cm³/mol. The van der Waals surface area contributed by atoms with Crippen molar-refractivity contribution in [3.8, 4) is 34.3 Å². The molecule has 1 aromatic carbocycles. The quantitative estimate of drug-likeness (QED) is 0.119. The number of hydrogen-bond donors (Lipinski definition) is 4. The van der Waals surface area contributed by atoms with E-state index in [0.29, 0.717) is 91.7 Å². The molecule has 0 bridgehead atoms. The summed E-state index contributed by atoms with van der Waals surface area (Å²) in [4.78, 5) is 38.8. The van der Waals surface area contributed by atoms with Gasteiger partial charge in [0.1, 0.15) is 5.82 Å². The van der Waals surface area contributed by atoms with E-state index in [4.69, 9.17) is 26.1 Å². The summed E-state index contributed by atoms with van der Waals surface area (Å²) < 4.78 is 55.0. The van der Waals surface area contributed by atoms with Crippen LogP contribution in [0.1, 0.15) is 72.9 Å². The molecule has 2 atom stereocenters. The number of alkyl halides is 3. The molecular formula is C41H46ClF3N8O4. The molecule has 0 spiro atoms. The van der Waals surface area contributed by atoms with Crippen LogP contribution in [0.3, 0.4) is 0 Å². The molecule has 2 aliphatic heterocycles. The maximum Gasteiger partial charge on any atom is 0.419 e. The topological polar surface area (TPSA) is 143 Å². The molecule has 0 unspecified atom stereocenters. The smallest absolute Gasteiger partial charge is 0.419 e. The number of amides is 2. The summed E-state index contributed by atoms with van der Waals surface area (Å²) in [5.41, 5.74) is 4.62. The van der Waals surface area contributed by atoms with Crippen LogP contribution in [0, 0.1) is 0 Å². The largest absolute Gasteiger partial charge is 0.481 e. The van der Waals surface area contributed by atoms with Gasteiger partial charge in [-0.05, 0) is 61.4 Å². The molecule has 2 amide bonds. The van der Waals surface area contributed by atoms with Crippen LogP contribution in [-0.4, -0.2) is 77.6 Å². The number of carbonyl (C=O) groups excluding carboxylic acids is 2. The number of fused-ring (bicyclic) bond motifs is 1. The molecule has 7 rings (SSSR count). The van der Waals surface area contributed by atoms with Crippen molar-refractivity contribution in [2.24, 2.45) is 0 Å². The number of aromatic nitrogens is 3. The van der Waals surface area contributed by atoms with Gasteiger partial charge in [-0.3, -0.25) is 14.6 Å². The number of halogens is 4. The SMILES string of the molecule is COc1nc(-c2ccnc(-c3cccc4c3CC[C@H]4Nc3nc(OC)c(CNC4CCN(C(C)=O)CC4)cc3C(F)(F)F)c2Cl)ccc1CNC[C@H]1CCC(=O)N1. The molecule has 3 aliphatic rings. The number of pyridine rings is 3. The number of carbonyl (C=O) groups is 2. The Morgan fingerprint density at radius 1 is 0.965 bits per heavy atom. The predicted octanol–water partition coefficient (Wildman–Crippen LogP) is 6.46. The first kappa shape index (κ1) is 40.2. The third-order valence-corrected chi connectivity index (χ3v) is 11.4. The van der Waals surface area contributed by atoms with Gasteiger partial charge in [-0.25, -0.2) is 4.98 Å². The lowest BCUT2D eigenvalue weighted by molar-refractivity contribution is -0.137. The number of rotatable bonds is 13. The van der Waals surface area contributed by atoms with Gasteiger partial charge in [0.15, 0.2) is 0 Å². The van der Waals surface area contributed by atoms with Crippen molar-refractivity contribution in [3.05, 3.63) is 81.5 Å². The van der Waals surface area contributed by atoms with Crippen LogP contribution in [0.15, 0.2) is 48.7 Å². The second-order valence-electron chi connectivity index (χ2n) is 14.6. The molecule has 5 heterocycles. The monoisotopic (exact) mass is 806 g/mol. The number of hydrogen-bond acceptors (Lipinski definition) is 10. The molecule has 0 radical (unpaired) electrons. The molecule has 4 aromatic rings. The number of nitrogens with one attached hydrogen (secondary N) is 4. The first-order valence-corrected chi connectivity index (χ1v) is 19.5. The van der Waals surface area contributed by atoms with Crippen molar-refractivity contribution in [1.82, 2.24) is 35.8 Å². The fourth-order valence-electron chi connectivity index (χ4n) is 7.98. The Hall–Kier alpha value is -4.99. The fourth-order valence-corrected chi connectivity index (χ4v) is 8.29. The lowest BCUT2D eigenvalue weighted by Gasteiger charge is -2.32. The lowest BCUT2D eigenvalue weighted by atomic mass is 9.98. The van der Waals surface area contributed by atoms with E-state index in [1.807, 2.05) is 30.3 Å². The molecule has 16 heteroatoms. The average molecular weight is 807 g/mol. The molecule has 1 aliphatic carbocycles. The summed E-state index contributed by atoms with van der Waals surface area (Å²) in [6, 6.07) is 12.1. The standard InChI is InChI=1S/C41H46ClF3N8O4/c1-23(54)53-17-14-26(15-18-53)48-21-25-19-32(41(43,44)45)38(52-40(25)57-3)50-33-11-9-28-29(33)5-4-6-30(28)37-36(42)31(13-16-47-37)34-10-7-24(39(51-34)56-2)20-46-22-27-8-12-35(55)49-27/h4-7,10,13,16,19,26-27,33,46,48H,8-9,11-12,14-15,17-18,20-22H2,1-3H3,(H,49,55)(H,50,52)/t27-,33-/m1/s1. The third kappa shape index (κ3) is 8.95. The first-order chi connectivity index (χ1) is 27.4. The normalized spacial score (nSPS) is 18.4. The lowest BCUT2D eigenvalue weighted by Crippen LogP contribution is -2.44. The van der Waals surface area contributed by atoms with E-state index in [2.05, 4.69) is 31.2 Å². The summed E-state index contributed by atoms with van der Waals surface area (Å²) in [5, 5.41) is 13.1. The van der Waals surface area contributed by atoms with Gasteiger partial charge in [0.2, 0.25) is 23.6 Å². The molecule has 3 aromatic heterocycles. The van der Waals surface area contributed by atoms with Crippen LogP contribution in [0.5, 0.6) is 11.8 Å². The number of anilines is 1. The Balaban J connectivity index is 1.09. The summed E-state index contributed by atoms with van der Waals surface area (Å²) >= 11 is 7.09. The molecule has 4 N–H and O–H groups in total. The van der Waals surface area contributed by atoms with Crippen molar-refractivity contribution in [3.63, 3.8) is 0 Å². The van der Waals surface area contributed by atoms with Crippen LogP contribution in [0.4, 0.5) is 19.0 Å². The highest BCUT2D eigenvalue weighted by Gasteiger charge is 2.38. The van der Waals surface area contributed by atoms with E-state index in [0.717, 1.165) is 34.7 Å². The van der Waals surface area contributed by atoms with Gasteiger partial charge in [0, 0.05) is 86.6 Å². The van der Waals surface area contributed by atoms with Gasteiger partial charge in [-0.2, -0.15) is 18.2 Å². The van der Waals surface area contributed by atoms with Crippen LogP contribution in [0.25, 0.3) is 22.5 Å². The van der Waals surface area contributed by atoms with Crippen LogP contribution < -0.4 is 30.7 Å². The van der Waals surface area contributed by atoms with Gasteiger partial charge in [0.05, 0.1) is 42.2 Å². The fraction of sp³-hybridized carbons (Fsp3) is 0.439. The van der Waals surface area contributed by atoms with E-state index in [-0.39, 0.29) is 42.1 Å². The van der Waals surface area contributed by atoms with E-state index in [1.54, 1.807) is 24.3 Å². The van der Waals surface area contributed by atoms with Gasteiger partial charge in [-0.15, -0.1) is 0 Å². The molecule has 0 saturated carbocycles. The summed E-state index contributed by atoms with van der Waals surface area (Å²) in [5.74, 6) is 0.331. The van der Waals surface area contributed by atoms with Gasteiger partial charge in [-0.1, -0.05) is 35.9 Å². The highest BCUT2D eigenvalue weighted by molar-refractivity contribution is 6.35. The maximum atomic E-state index is 14.6. The molecular weight excluding hydrogens is 761 g/mol. The number of nitrogens with zero attached hydrogens (tertiary/aromatic N) is 4. The maximum absolute atomic E-state index is 14.6. The Bertz CT molecular complexity index is 2130. The molecule has 57 heavy (non-hydrogen) atoms. The van der Waals surface area contributed by atoms with Gasteiger partial charge < -0.3 is 35.6 Å². The summed E-state index contributed by atoms with van der Waals surface area (Å²) in [7, 11) is 2.96. The zero-order valence-corrected chi connectivity index (χ0v) is 32.8. The Labute approximate surface area is 334 Å². The van der Waals surface area contributed by atoms with Crippen LogP contribution in [-0.2, 0) is 35.3 Å². The Morgan fingerprint density at radius 2 is 1.74 bits per heavy atom. The minimum Gasteiger partial charge on any atom is -0.481 e. The van der Waals surface area contributed by atoms with Crippen LogP contribution >= 0.6 is 11.6 Å². The van der Waals surface area contributed by atoms with E-state index >= 15 is 0 Å². The van der Waals surface area contributed by atoms with E-state index in [1.165, 1.54) is 14.0 Å². The second kappa shape index (κ2) is 17.2.